The molecule has 2 fully saturated rings. The number of fused-ring (bicyclic) bond motifs is 1. The Kier molecular flexibility index (Phi) is 5.78. The molecule has 0 radical (unpaired) electrons. The van der Waals surface area contributed by atoms with Crippen LogP contribution < -0.4 is 0 Å². The Bertz CT molecular complexity index is 710. The van der Waals surface area contributed by atoms with E-state index in [0.717, 1.165) is 5.56 Å². The zero-order valence-electron chi connectivity index (χ0n) is 14.8. The number of hydrogen-bond acceptors (Lipinski definition) is 8. The summed E-state index contributed by atoms with van der Waals surface area (Å²) in [5.41, 5.74) is 9.78. The van der Waals surface area contributed by atoms with Gasteiger partial charge in [-0.3, -0.25) is 4.84 Å². The van der Waals surface area contributed by atoms with Crippen molar-refractivity contribution < 1.29 is 28.9 Å². The number of azide groups is 1. The van der Waals surface area contributed by atoms with Crippen LogP contribution in [0.2, 0.25) is 0 Å². The van der Waals surface area contributed by atoms with Crippen LogP contribution in [-0.2, 0) is 30.4 Å². The van der Waals surface area contributed by atoms with Crippen molar-refractivity contribution in [2.75, 3.05) is 6.61 Å². The Morgan fingerprint density at radius 2 is 2.00 bits per heavy atom. The molecule has 0 bridgehead atoms. The van der Waals surface area contributed by atoms with Crippen molar-refractivity contribution in [1.82, 2.24) is 0 Å². The van der Waals surface area contributed by atoms with Crippen LogP contribution in [0.4, 0.5) is 0 Å². The molecule has 0 amide bonds. The molecule has 146 valence electrons. The van der Waals surface area contributed by atoms with Gasteiger partial charge in [-0.05, 0) is 24.9 Å². The van der Waals surface area contributed by atoms with E-state index in [1.54, 1.807) is 13.8 Å². The third-order valence-electron chi connectivity index (χ3n) is 4.22. The summed E-state index contributed by atoms with van der Waals surface area (Å²) in [6.45, 7) is 3.83. The third-order valence-corrected chi connectivity index (χ3v) is 4.22. The van der Waals surface area contributed by atoms with Crippen LogP contribution in [0.3, 0.4) is 0 Å². The fourth-order valence-corrected chi connectivity index (χ4v) is 3.21. The van der Waals surface area contributed by atoms with Gasteiger partial charge in [-0.25, -0.2) is 0 Å². The second-order valence-corrected chi connectivity index (χ2v) is 6.63. The highest BCUT2D eigenvalue weighted by Crippen LogP contribution is 2.39. The molecular formula is C16H20N4O7. The van der Waals surface area contributed by atoms with Crippen molar-refractivity contribution in [2.24, 2.45) is 5.11 Å². The minimum Gasteiger partial charge on any atom is -0.374 e. The molecule has 0 aromatic heterocycles. The van der Waals surface area contributed by atoms with Crippen LogP contribution in [0.25, 0.3) is 10.4 Å². The van der Waals surface area contributed by atoms with Crippen LogP contribution >= 0.6 is 0 Å². The highest BCUT2D eigenvalue weighted by atomic mass is 17.0. The molecule has 0 aliphatic carbocycles. The van der Waals surface area contributed by atoms with Crippen molar-refractivity contribution in [3.05, 3.63) is 56.5 Å². The molecule has 2 aliphatic rings. The van der Waals surface area contributed by atoms with Crippen LogP contribution in [0.15, 0.2) is 35.4 Å². The molecule has 5 atom stereocenters. The van der Waals surface area contributed by atoms with Gasteiger partial charge in [-0.1, -0.05) is 35.4 Å². The van der Waals surface area contributed by atoms with E-state index >= 15 is 0 Å². The normalized spacial score (nSPS) is 31.6. The Morgan fingerprint density at radius 1 is 1.30 bits per heavy atom. The molecule has 0 saturated carbocycles. The smallest absolute Gasteiger partial charge is 0.297 e. The van der Waals surface area contributed by atoms with Gasteiger partial charge >= 0.3 is 0 Å². The van der Waals surface area contributed by atoms with Gasteiger partial charge in [0.25, 0.3) is 5.09 Å². The summed E-state index contributed by atoms with van der Waals surface area (Å²) in [5.74, 6) is -0.969. The predicted molar refractivity (Wildman–Crippen MR) is 89.6 cm³/mol. The summed E-state index contributed by atoms with van der Waals surface area (Å²) in [6, 6.07) is 8.46. The highest BCUT2D eigenvalue weighted by Gasteiger charge is 2.56. The number of rotatable bonds is 7. The maximum atomic E-state index is 10.8. The minimum absolute atomic E-state index is 0.0933. The average molecular weight is 380 g/mol. The van der Waals surface area contributed by atoms with E-state index in [2.05, 4.69) is 14.9 Å². The first-order valence-corrected chi connectivity index (χ1v) is 8.38. The van der Waals surface area contributed by atoms with E-state index in [0.29, 0.717) is 6.61 Å². The molecule has 0 N–H and O–H groups in total. The third kappa shape index (κ3) is 4.65. The first kappa shape index (κ1) is 19.3. The molecule has 0 unspecified atom stereocenters. The van der Waals surface area contributed by atoms with Crippen LogP contribution in [0, 0.1) is 10.1 Å². The molecule has 1 aromatic carbocycles. The van der Waals surface area contributed by atoms with E-state index < -0.39 is 41.5 Å². The van der Waals surface area contributed by atoms with E-state index in [1.165, 1.54) is 0 Å². The topological polar surface area (TPSA) is 138 Å². The minimum atomic E-state index is -1.42. The second-order valence-electron chi connectivity index (χ2n) is 6.63. The van der Waals surface area contributed by atoms with Crippen molar-refractivity contribution in [3.63, 3.8) is 0 Å². The fraction of sp³-hybridized carbons (Fsp3) is 0.625. The molecule has 1 aromatic rings. The van der Waals surface area contributed by atoms with Crippen molar-refractivity contribution in [2.45, 2.75) is 56.9 Å². The largest absolute Gasteiger partial charge is 0.374 e. The quantitative estimate of drug-likeness (QED) is 0.233. The van der Waals surface area contributed by atoms with E-state index in [9.17, 15) is 10.1 Å². The first-order chi connectivity index (χ1) is 12.9. The molecule has 0 spiro atoms. The molecule has 2 aliphatic heterocycles. The van der Waals surface area contributed by atoms with Crippen molar-refractivity contribution >= 4 is 0 Å². The zero-order chi connectivity index (χ0) is 19.4. The van der Waals surface area contributed by atoms with E-state index in [1.807, 2.05) is 30.3 Å². The molecule has 3 rings (SSSR count). The van der Waals surface area contributed by atoms with Crippen LogP contribution in [0.1, 0.15) is 19.4 Å². The number of hydrogen-bond donors (Lipinski definition) is 0. The van der Waals surface area contributed by atoms with Crippen LogP contribution in [-0.4, -0.2) is 48.1 Å². The monoisotopic (exact) mass is 380 g/mol. The van der Waals surface area contributed by atoms with E-state index in [4.69, 9.17) is 24.5 Å². The molecule has 27 heavy (non-hydrogen) atoms. The van der Waals surface area contributed by atoms with E-state index in [-0.39, 0.29) is 6.61 Å². The molecule has 11 heteroatoms. The van der Waals surface area contributed by atoms with Gasteiger partial charge in [0.15, 0.2) is 5.79 Å². The summed E-state index contributed by atoms with van der Waals surface area (Å²) in [6.07, 6.45) is -3.51. The van der Waals surface area contributed by atoms with Gasteiger partial charge < -0.3 is 18.9 Å². The first-order valence-electron chi connectivity index (χ1n) is 8.38. The summed E-state index contributed by atoms with van der Waals surface area (Å²) in [5, 5.41) is 13.4. The zero-order valence-corrected chi connectivity index (χ0v) is 14.8. The Labute approximate surface area is 154 Å². The van der Waals surface area contributed by atoms with Crippen LogP contribution in [0.5, 0.6) is 0 Å². The summed E-state index contributed by atoms with van der Waals surface area (Å²) >= 11 is 0. The summed E-state index contributed by atoms with van der Waals surface area (Å²) in [4.78, 5) is 18.1. The standard InChI is InChI=1S/C16H20N4O7/c1-16(2)25-13-11(9-23-8-10-6-4-3-5-7-10)24-15(27-20(21)22)12(18-19-17)14(13)26-16/h3-7,11-15H,8-9H2,1-2H3/t11-,12-,13+,14-,15+/m1/s1. The Balaban J connectivity index is 1.74. The number of ether oxygens (including phenoxy) is 4. The van der Waals surface area contributed by atoms with Crippen molar-refractivity contribution in [3.8, 4) is 0 Å². The lowest BCUT2D eigenvalue weighted by Crippen LogP contribution is -2.57. The number of benzene rings is 1. The Hall–Kier alpha value is -2.43. The summed E-state index contributed by atoms with van der Waals surface area (Å²) in [7, 11) is 0. The lowest BCUT2D eigenvalue weighted by molar-refractivity contribution is -0.783. The van der Waals surface area contributed by atoms with Gasteiger partial charge in [-0.2, -0.15) is 0 Å². The maximum absolute atomic E-state index is 10.8. The predicted octanol–water partition coefficient (Wildman–Crippen LogP) is 2.34. The van der Waals surface area contributed by atoms with Crippen molar-refractivity contribution in [1.29, 1.82) is 0 Å². The van der Waals surface area contributed by atoms with Gasteiger partial charge in [0.05, 0.1) is 13.2 Å². The van der Waals surface area contributed by atoms with Gasteiger partial charge in [0, 0.05) is 4.91 Å². The molecular weight excluding hydrogens is 360 g/mol. The maximum Gasteiger partial charge on any atom is 0.297 e. The highest BCUT2D eigenvalue weighted by molar-refractivity contribution is 5.13. The molecule has 2 heterocycles. The summed E-state index contributed by atoms with van der Waals surface area (Å²) < 4.78 is 23.0. The number of nitrogens with zero attached hydrogens (tertiary/aromatic N) is 4. The van der Waals surface area contributed by atoms with Gasteiger partial charge in [-0.15, -0.1) is 10.1 Å². The average Bonchev–Trinajstić information content (AvgIpc) is 2.94. The Morgan fingerprint density at radius 3 is 2.67 bits per heavy atom. The lowest BCUT2D eigenvalue weighted by atomic mass is 9.98. The fourth-order valence-electron chi connectivity index (χ4n) is 3.21. The second kappa shape index (κ2) is 8.07. The lowest BCUT2D eigenvalue weighted by Gasteiger charge is -2.39. The molecule has 11 nitrogen and oxygen atoms in total. The van der Waals surface area contributed by atoms with Gasteiger partial charge in [0.2, 0.25) is 6.29 Å². The molecule has 2 saturated heterocycles. The SMILES string of the molecule is CC1(C)O[C@@H]2[C@@H](N=[N+]=[N-])[C@H](O[N+](=O)[O-])O[C@H](COCc3ccccc3)[C@@H]2O1. The van der Waals surface area contributed by atoms with Gasteiger partial charge in [0.1, 0.15) is 24.4 Å².